The number of carbonyl (C=O) groups is 1. The van der Waals surface area contributed by atoms with Crippen LogP contribution in [0.25, 0.3) is 5.69 Å². The lowest BCUT2D eigenvalue weighted by molar-refractivity contribution is 0.0897. The van der Waals surface area contributed by atoms with Crippen LogP contribution in [-0.4, -0.2) is 38.4 Å². The fourth-order valence-corrected chi connectivity index (χ4v) is 2.05. The third-order valence-corrected chi connectivity index (χ3v) is 3.56. The molecule has 1 aromatic heterocycles. The first-order valence-electron chi connectivity index (χ1n) is 6.59. The number of rotatable bonds is 5. The smallest absolute Gasteiger partial charge is 0.253 e. The first kappa shape index (κ1) is 15.5. The Morgan fingerprint density at radius 2 is 2.05 bits per heavy atom. The van der Waals surface area contributed by atoms with E-state index in [1.54, 1.807) is 22.8 Å². The maximum atomic E-state index is 12.3. The van der Waals surface area contributed by atoms with Gasteiger partial charge in [-0.2, -0.15) is 0 Å². The molecule has 0 aliphatic rings. The van der Waals surface area contributed by atoms with Crippen LogP contribution in [0, 0.1) is 5.92 Å². The van der Waals surface area contributed by atoms with E-state index in [0.717, 1.165) is 5.69 Å². The highest BCUT2D eigenvalue weighted by molar-refractivity contribution is 6.33. The molecule has 0 aliphatic heterocycles. The number of amides is 1. The minimum absolute atomic E-state index is 0.119. The Morgan fingerprint density at radius 3 is 2.62 bits per heavy atom. The number of hydrogen-bond acceptors (Lipinski definition) is 4. The SMILES string of the molecule is CC(C)[C@@H](CO)NC(=O)c1cc(-n2cnnc2)ccc1Cl. The van der Waals surface area contributed by atoms with Gasteiger partial charge in [-0.05, 0) is 24.1 Å². The molecule has 2 N–H and O–H groups in total. The van der Waals surface area contributed by atoms with Gasteiger partial charge in [-0.25, -0.2) is 0 Å². The molecule has 6 nitrogen and oxygen atoms in total. The number of carbonyl (C=O) groups excluding carboxylic acids is 1. The van der Waals surface area contributed by atoms with Crippen LogP contribution in [-0.2, 0) is 0 Å². The van der Waals surface area contributed by atoms with Crippen LogP contribution in [0.15, 0.2) is 30.9 Å². The highest BCUT2D eigenvalue weighted by Gasteiger charge is 2.18. The van der Waals surface area contributed by atoms with Crippen molar-refractivity contribution in [2.24, 2.45) is 5.92 Å². The highest BCUT2D eigenvalue weighted by atomic mass is 35.5. The fourth-order valence-electron chi connectivity index (χ4n) is 1.85. The zero-order valence-electron chi connectivity index (χ0n) is 11.8. The number of aromatic nitrogens is 3. The fraction of sp³-hybridized carbons (Fsp3) is 0.357. The van der Waals surface area contributed by atoms with Crippen molar-refractivity contribution in [2.75, 3.05) is 6.61 Å². The highest BCUT2D eigenvalue weighted by Crippen LogP contribution is 2.20. The van der Waals surface area contributed by atoms with Crippen LogP contribution in [0.1, 0.15) is 24.2 Å². The average Bonchev–Trinajstić information content (AvgIpc) is 2.98. The molecule has 2 rings (SSSR count). The zero-order chi connectivity index (χ0) is 15.4. The van der Waals surface area contributed by atoms with E-state index in [1.165, 1.54) is 12.7 Å². The Bertz CT molecular complexity index is 613. The molecule has 0 bridgehead atoms. The quantitative estimate of drug-likeness (QED) is 0.880. The normalized spacial score (nSPS) is 12.4. The molecule has 0 unspecified atom stereocenters. The van der Waals surface area contributed by atoms with Crippen molar-refractivity contribution in [3.8, 4) is 5.69 Å². The summed E-state index contributed by atoms with van der Waals surface area (Å²) in [7, 11) is 0. The molecule has 0 aliphatic carbocycles. The van der Waals surface area contributed by atoms with Crippen LogP contribution in [0.5, 0.6) is 0 Å². The summed E-state index contributed by atoms with van der Waals surface area (Å²) in [5.74, 6) is -0.193. The van der Waals surface area contributed by atoms with Crippen LogP contribution in [0.3, 0.4) is 0 Å². The Morgan fingerprint density at radius 1 is 1.38 bits per heavy atom. The molecule has 0 spiro atoms. The van der Waals surface area contributed by atoms with Crippen molar-refractivity contribution in [1.29, 1.82) is 0 Å². The van der Waals surface area contributed by atoms with Crippen LogP contribution >= 0.6 is 11.6 Å². The van der Waals surface area contributed by atoms with Crippen LogP contribution < -0.4 is 5.32 Å². The number of benzene rings is 1. The molecular weight excluding hydrogens is 292 g/mol. The third-order valence-electron chi connectivity index (χ3n) is 3.23. The number of hydrogen-bond donors (Lipinski definition) is 2. The maximum Gasteiger partial charge on any atom is 0.253 e. The molecule has 0 saturated carbocycles. The molecule has 1 heterocycles. The second kappa shape index (κ2) is 6.69. The van der Waals surface area contributed by atoms with E-state index in [-0.39, 0.29) is 24.5 Å². The van der Waals surface area contributed by atoms with Gasteiger partial charge >= 0.3 is 0 Å². The molecule has 1 atom stereocenters. The lowest BCUT2D eigenvalue weighted by Gasteiger charge is -2.20. The van der Waals surface area contributed by atoms with Gasteiger partial charge in [0.2, 0.25) is 0 Å². The number of aliphatic hydroxyl groups excluding tert-OH is 1. The largest absolute Gasteiger partial charge is 0.394 e. The molecule has 0 fully saturated rings. The molecule has 7 heteroatoms. The van der Waals surface area contributed by atoms with Crippen LogP contribution in [0.4, 0.5) is 0 Å². The van der Waals surface area contributed by atoms with E-state index in [0.29, 0.717) is 10.6 Å². The molecule has 21 heavy (non-hydrogen) atoms. The van der Waals surface area contributed by atoms with Gasteiger partial charge in [0.25, 0.3) is 5.91 Å². The third kappa shape index (κ3) is 3.59. The molecule has 1 amide bonds. The van der Waals surface area contributed by atoms with Gasteiger partial charge in [0.1, 0.15) is 12.7 Å². The minimum atomic E-state index is -0.317. The van der Waals surface area contributed by atoms with E-state index in [1.807, 2.05) is 13.8 Å². The standard InChI is InChI=1S/C14H17ClN4O2/c1-9(2)13(6-20)18-14(21)11-5-10(3-4-12(11)15)19-7-16-17-8-19/h3-5,7-9,13,20H,6H2,1-2H3,(H,18,21)/t13-/m1/s1. The van der Waals surface area contributed by atoms with E-state index in [2.05, 4.69) is 15.5 Å². The number of nitrogens with one attached hydrogen (secondary N) is 1. The van der Waals surface area contributed by atoms with Crippen molar-refractivity contribution in [1.82, 2.24) is 20.1 Å². The monoisotopic (exact) mass is 308 g/mol. The summed E-state index contributed by atoms with van der Waals surface area (Å²) in [4.78, 5) is 12.3. The van der Waals surface area contributed by atoms with Gasteiger partial charge in [0.15, 0.2) is 0 Å². The van der Waals surface area contributed by atoms with Crippen molar-refractivity contribution >= 4 is 17.5 Å². The summed E-state index contributed by atoms with van der Waals surface area (Å²) >= 11 is 6.09. The summed E-state index contributed by atoms with van der Waals surface area (Å²) in [6, 6.07) is 4.77. The van der Waals surface area contributed by atoms with E-state index in [9.17, 15) is 9.90 Å². The number of nitrogens with zero attached hydrogens (tertiary/aromatic N) is 3. The zero-order valence-corrected chi connectivity index (χ0v) is 12.6. The molecular formula is C14H17ClN4O2. The van der Waals surface area contributed by atoms with Gasteiger partial charge in [0.05, 0.1) is 23.2 Å². The topological polar surface area (TPSA) is 80.0 Å². The lowest BCUT2D eigenvalue weighted by Crippen LogP contribution is -2.41. The number of aliphatic hydroxyl groups is 1. The van der Waals surface area contributed by atoms with Crippen molar-refractivity contribution < 1.29 is 9.90 Å². The van der Waals surface area contributed by atoms with E-state index in [4.69, 9.17) is 11.6 Å². The maximum absolute atomic E-state index is 12.3. The Kier molecular flexibility index (Phi) is 4.93. The predicted molar refractivity (Wildman–Crippen MR) is 79.5 cm³/mol. The van der Waals surface area contributed by atoms with Crippen molar-refractivity contribution in [3.05, 3.63) is 41.4 Å². The second-order valence-corrected chi connectivity index (χ2v) is 5.45. The minimum Gasteiger partial charge on any atom is -0.394 e. The summed E-state index contributed by atoms with van der Waals surface area (Å²) in [6.07, 6.45) is 3.07. The molecule has 0 radical (unpaired) electrons. The molecule has 2 aromatic rings. The molecule has 112 valence electrons. The number of halogens is 1. The van der Waals surface area contributed by atoms with E-state index >= 15 is 0 Å². The van der Waals surface area contributed by atoms with E-state index < -0.39 is 0 Å². The first-order valence-corrected chi connectivity index (χ1v) is 6.97. The van der Waals surface area contributed by atoms with Crippen molar-refractivity contribution in [2.45, 2.75) is 19.9 Å². The second-order valence-electron chi connectivity index (χ2n) is 5.04. The van der Waals surface area contributed by atoms with Crippen molar-refractivity contribution in [3.63, 3.8) is 0 Å². The summed E-state index contributed by atoms with van der Waals surface area (Å²) in [5.41, 5.74) is 1.08. The van der Waals surface area contributed by atoms with Gasteiger partial charge < -0.3 is 10.4 Å². The molecule has 0 saturated heterocycles. The van der Waals surface area contributed by atoms with Gasteiger partial charge in [-0.15, -0.1) is 10.2 Å². The Hall–Kier alpha value is -1.92. The van der Waals surface area contributed by atoms with Gasteiger partial charge in [-0.1, -0.05) is 25.4 Å². The average molecular weight is 309 g/mol. The van der Waals surface area contributed by atoms with Gasteiger partial charge in [0, 0.05) is 5.69 Å². The Balaban J connectivity index is 2.26. The van der Waals surface area contributed by atoms with Crippen LogP contribution in [0.2, 0.25) is 5.02 Å². The summed E-state index contributed by atoms with van der Waals surface area (Å²) in [5, 5.41) is 19.9. The van der Waals surface area contributed by atoms with Gasteiger partial charge in [-0.3, -0.25) is 9.36 Å². The Labute approximate surface area is 127 Å². The summed E-state index contributed by atoms with van der Waals surface area (Å²) < 4.78 is 1.68. The summed E-state index contributed by atoms with van der Waals surface area (Å²) in [6.45, 7) is 3.73. The first-order chi connectivity index (χ1) is 10.0. The lowest BCUT2D eigenvalue weighted by atomic mass is 10.0. The predicted octanol–water partition coefficient (Wildman–Crippen LogP) is 1.67. The molecule has 1 aromatic carbocycles.